The summed E-state index contributed by atoms with van der Waals surface area (Å²) in [6.45, 7) is 31.7. The third-order valence-corrected chi connectivity index (χ3v) is 24.3. The SMILES string of the molecule is CC(C)(C)[Si](C)(C)O[C@H]1[C@@H](O[Si](C)(C)C(C)(C)C)[C@@H](C(=O)O)O[C@@H](Oc2cccc(C3CCOO3)c2[N+](=O)[O-])[C@@H]1O[Si](C)(C)C(C)(C)C. The molecule has 274 valence electrons. The lowest BCUT2D eigenvalue weighted by Crippen LogP contribution is -2.69. The van der Waals surface area contributed by atoms with Gasteiger partial charge in [-0.1, -0.05) is 68.4 Å². The Bertz CT molecular complexity index is 1310. The molecule has 2 heterocycles. The van der Waals surface area contributed by atoms with Crippen LogP contribution in [-0.4, -0.2) is 78.3 Å². The van der Waals surface area contributed by atoms with Crippen LogP contribution in [0.25, 0.3) is 0 Å². The van der Waals surface area contributed by atoms with Crippen molar-refractivity contribution in [1.29, 1.82) is 0 Å². The number of para-hydroxylation sites is 1. The molecule has 3 rings (SSSR count). The number of carbonyl (C=O) groups is 1. The fourth-order valence-corrected chi connectivity index (χ4v) is 8.67. The van der Waals surface area contributed by atoms with Gasteiger partial charge in [0, 0.05) is 6.42 Å². The lowest BCUT2D eigenvalue weighted by molar-refractivity contribution is -0.389. The molecule has 1 aromatic rings. The summed E-state index contributed by atoms with van der Waals surface area (Å²) in [5, 5.41) is 22.5. The molecule has 2 aliphatic heterocycles. The molecule has 0 bridgehead atoms. The molecule has 12 nitrogen and oxygen atoms in total. The second-order valence-corrected chi connectivity index (χ2v) is 31.8. The van der Waals surface area contributed by atoms with Gasteiger partial charge in [-0.15, -0.1) is 0 Å². The number of hydrogen-bond acceptors (Lipinski definition) is 10. The first-order chi connectivity index (χ1) is 21.6. The van der Waals surface area contributed by atoms with E-state index in [-0.39, 0.29) is 32.1 Å². The molecule has 2 fully saturated rings. The number of carboxylic acids is 1. The highest BCUT2D eigenvalue weighted by atomic mass is 28.4. The Balaban J connectivity index is 2.29. The van der Waals surface area contributed by atoms with E-state index in [1.807, 2.05) is 0 Å². The summed E-state index contributed by atoms with van der Waals surface area (Å²) in [4.78, 5) is 35.5. The Morgan fingerprint density at radius 3 is 1.73 bits per heavy atom. The number of rotatable bonds is 11. The van der Waals surface area contributed by atoms with Crippen molar-refractivity contribution in [1.82, 2.24) is 0 Å². The van der Waals surface area contributed by atoms with Crippen molar-refractivity contribution in [3.63, 3.8) is 0 Å². The Kier molecular flexibility index (Phi) is 12.0. The maximum Gasteiger partial charge on any atom is 0.335 e. The Morgan fingerprint density at radius 1 is 0.833 bits per heavy atom. The average molecular weight is 730 g/mol. The number of ether oxygens (including phenoxy) is 2. The van der Waals surface area contributed by atoms with Gasteiger partial charge in [0.2, 0.25) is 12.0 Å². The van der Waals surface area contributed by atoms with Crippen molar-refractivity contribution in [3.8, 4) is 5.75 Å². The minimum atomic E-state index is -2.64. The van der Waals surface area contributed by atoms with Crippen LogP contribution in [0.4, 0.5) is 5.69 Å². The van der Waals surface area contributed by atoms with Crippen molar-refractivity contribution in [2.24, 2.45) is 0 Å². The molecular formula is C33H59NO11Si3. The second kappa shape index (κ2) is 14.1. The molecule has 1 N–H and O–H groups in total. The third kappa shape index (κ3) is 8.77. The van der Waals surface area contributed by atoms with Gasteiger partial charge < -0.3 is 27.9 Å². The highest BCUT2D eigenvalue weighted by Crippen LogP contribution is 2.47. The van der Waals surface area contributed by atoms with Gasteiger partial charge in [0.05, 0.1) is 17.1 Å². The third-order valence-electron chi connectivity index (χ3n) is 10.9. The van der Waals surface area contributed by atoms with Crippen LogP contribution >= 0.6 is 0 Å². The summed E-state index contributed by atoms with van der Waals surface area (Å²) < 4.78 is 34.0. The van der Waals surface area contributed by atoms with Crippen LogP contribution in [0.15, 0.2) is 18.2 Å². The minimum absolute atomic E-state index is 0.0965. The molecule has 15 heteroatoms. The first-order valence-corrected chi connectivity index (χ1v) is 25.5. The summed E-state index contributed by atoms with van der Waals surface area (Å²) in [6, 6.07) is 4.71. The van der Waals surface area contributed by atoms with Crippen LogP contribution in [-0.2, 0) is 32.6 Å². The molecule has 1 aromatic carbocycles. The van der Waals surface area contributed by atoms with E-state index in [0.717, 1.165) is 0 Å². The lowest BCUT2D eigenvalue weighted by atomic mass is 9.99. The van der Waals surface area contributed by atoms with Gasteiger partial charge in [-0.25, -0.2) is 14.6 Å². The summed E-state index contributed by atoms with van der Waals surface area (Å²) in [7, 11) is -7.89. The summed E-state index contributed by atoms with van der Waals surface area (Å²) in [5.41, 5.74) is -0.0215. The van der Waals surface area contributed by atoms with Gasteiger partial charge in [-0.3, -0.25) is 10.1 Å². The van der Waals surface area contributed by atoms with E-state index in [2.05, 4.69) is 102 Å². The molecule has 0 radical (unpaired) electrons. The highest BCUT2D eigenvalue weighted by Gasteiger charge is 2.59. The van der Waals surface area contributed by atoms with Crippen LogP contribution in [0.1, 0.15) is 80.4 Å². The van der Waals surface area contributed by atoms with E-state index in [0.29, 0.717) is 13.0 Å². The first-order valence-electron chi connectivity index (χ1n) is 16.8. The summed E-state index contributed by atoms with van der Waals surface area (Å²) >= 11 is 0. The minimum Gasteiger partial charge on any atom is -0.479 e. The van der Waals surface area contributed by atoms with Gasteiger partial charge in [-0.05, 0) is 66.5 Å². The highest BCUT2D eigenvalue weighted by molar-refractivity contribution is 6.75. The molecule has 0 spiro atoms. The number of nitro benzene ring substituents is 1. The van der Waals surface area contributed by atoms with Crippen LogP contribution in [0.2, 0.25) is 54.4 Å². The predicted octanol–water partition coefficient (Wildman–Crippen LogP) is 8.35. The van der Waals surface area contributed by atoms with Crippen LogP contribution in [0.3, 0.4) is 0 Å². The Labute approximate surface area is 289 Å². The van der Waals surface area contributed by atoms with Crippen molar-refractivity contribution in [2.75, 3.05) is 6.61 Å². The molecular weight excluding hydrogens is 671 g/mol. The molecule has 6 atom stereocenters. The monoisotopic (exact) mass is 729 g/mol. The van der Waals surface area contributed by atoms with Crippen LogP contribution < -0.4 is 4.74 Å². The predicted molar refractivity (Wildman–Crippen MR) is 191 cm³/mol. The number of nitro groups is 1. The molecule has 0 aliphatic carbocycles. The zero-order chi connectivity index (χ0) is 36.8. The fraction of sp³-hybridized carbons (Fsp3) is 0.788. The zero-order valence-corrected chi connectivity index (χ0v) is 34.6. The zero-order valence-electron chi connectivity index (χ0n) is 31.6. The normalized spacial score (nSPS) is 26.4. The van der Waals surface area contributed by atoms with Crippen molar-refractivity contribution in [2.45, 2.75) is 160 Å². The molecule has 0 saturated carbocycles. The van der Waals surface area contributed by atoms with Gasteiger partial charge in [0.15, 0.2) is 31.1 Å². The summed E-state index contributed by atoms with van der Waals surface area (Å²) in [5.74, 6) is -1.34. The van der Waals surface area contributed by atoms with E-state index in [1.54, 1.807) is 12.1 Å². The van der Waals surface area contributed by atoms with Crippen molar-refractivity contribution >= 4 is 36.6 Å². The van der Waals surface area contributed by atoms with Gasteiger partial charge in [0.1, 0.15) is 24.4 Å². The van der Waals surface area contributed by atoms with Crippen LogP contribution in [0.5, 0.6) is 5.75 Å². The van der Waals surface area contributed by atoms with Crippen molar-refractivity contribution in [3.05, 3.63) is 33.9 Å². The lowest BCUT2D eigenvalue weighted by Gasteiger charge is -2.53. The number of hydrogen-bond donors (Lipinski definition) is 1. The quantitative estimate of drug-likeness (QED) is 0.102. The molecule has 48 heavy (non-hydrogen) atoms. The van der Waals surface area contributed by atoms with E-state index in [4.69, 9.17) is 32.5 Å². The Hall–Kier alpha value is -1.70. The smallest absolute Gasteiger partial charge is 0.335 e. The number of aliphatic carboxylic acids is 1. The first kappa shape index (κ1) is 40.7. The van der Waals surface area contributed by atoms with Crippen LogP contribution in [0, 0.1) is 10.1 Å². The van der Waals surface area contributed by atoms with Gasteiger partial charge in [0.25, 0.3) is 0 Å². The molecule has 2 aliphatic rings. The second-order valence-electron chi connectivity index (χ2n) is 17.6. The van der Waals surface area contributed by atoms with Gasteiger partial charge in [-0.2, -0.15) is 0 Å². The van der Waals surface area contributed by atoms with E-state index >= 15 is 0 Å². The maximum atomic E-state index is 13.1. The Morgan fingerprint density at radius 2 is 1.31 bits per heavy atom. The largest absolute Gasteiger partial charge is 0.479 e. The molecule has 0 amide bonds. The molecule has 2 saturated heterocycles. The van der Waals surface area contributed by atoms with E-state index < -0.39 is 72.7 Å². The number of benzene rings is 1. The fourth-order valence-electron chi connectivity index (χ4n) is 4.80. The van der Waals surface area contributed by atoms with Crippen molar-refractivity contribution < 1.29 is 47.4 Å². The topological polar surface area (TPSA) is 145 Å². The number of nitrogens with zero attached hydrogens (tertiary/aromatic N) is 1. The average Bonchev–Trinajstić information content (AvgIpc) is 3.44. The molecule has 1 unspecified atom stereocenters. The van der Waals surface area contributed by atoms with E-state index in [9.17, 15) is 20.0 Å². The van der Waals surface area contributed by atoms with Gasteiger partial charge >= 0.3 is 11.7 Å². The maximum absolute atomic E-state index is 13.1. The summed E-state index contributed by atoms with van der Waals surface area (Å²) in [6.07, 6.45) is -6.09. The number of carboxylic acid groups (broad SMARTS) is 1. The van der Waals surface area contributed by atoms with E-state index in [1.165, 1.54) is 6.07 Å². The molecule has 0 aromatic heterocycles. The standard InChI is InChI=1S/C33H59NO11Si3/c1-31(2,3)46(10,11)43-25-26(44-47(12,13)32(4,5)6)28(45-48(14,15)33(7,8)9)30(41-27(25)29(35)36)40-23-18-16-17-21(24(23)34(37)38)22-19-20-39-42-22/h16-18,22,25-28,30H,19-20H2,1-15H3,(H,35,36)/t22?,25-,26+,27+,28-,30-/m1/s1.